The van der Waals surface area contributed by atoms with E-state index in [9.17, 15) is 0 Å². The average molecular weight is 329 g/mol. The van der Waals surface area contributed by atoms with Gasteiger partial charge in [0, 0.05) is 29.5 Å². The van der Waals surface area contributed by atoms with Crippen LogP contribution < -0.4 is 5.32 Å². The molecule has 1 heterocycles. The highest BCUT2D eigenvalue weighted by Crippen LogP contribution is 2.15. The molecule has 1 rings (SSSR count). The standard InChI is InChI=1S/C15H25BrN2O/c1-4-7-15(19-6-3)14(18-5-2)9-12-8-13(16)11-17-10-12/h8,10-11,14-15,18H,4-7,9H2,1-3H3. The Hall–Kier alpha value is -0.450. The molecule has 1 aromatic heterocycles. The Morgan fingerprint density at radius 2 is 2.11 bits per heavy atom. The summed E-state index contributed by atoms with van der Waals surface area (Å²) in [5, 5.41) is 3.55. The Labute approximate surface area is 125 Å². The van der Waals surface area contributed by atoms with Gasteiger partial charge in [-0.25, -0.2) is 0 Å². The van der Waals surface area contributed by atoms with Gasteiger partial charge in [0.2, 0.25) is 0 Å². The van der Waals surface area contributed by atoms with Crippen molar-refractivity contribution in [3.05, 3.63) is 28.5 Å². The Morgan fingerprint density at radius 1 is 1.32 bits per heavy atom. The molecule has 2 unspecified atom stereocenters. The first kappa shape index (κ1) is 16.6. The van der Waals surface area contributed by atoms with Crippen molar-refractivity contribution < 1.29 is 4.74 Å². The SMILES string of the molecule is CCCC(OCC)C(Cc1cncc(Br)c1)NCC. The molecule has 0 amide bonds. The molecule has 0 saturated heterocycles. The minimum atomic E-state index is 0.272. The second kappa shape index (κ2) is 9.45. The first-order valence-electron chi connectivity index (χ1n) is 7.15. The molecule has 108 valence electrons. The highest BCUT2D eigenvalue weighted by Gasteiger charge is 2.20. The number of nitrogens with one attached hydrogen (secondary N) is 1. The van der Waals surface area contributed by atoms with Crippen LogP contribution in [0.4, 0.5) is 0 Å². The summed E-state index contributed by atoms with van der Waals surface area (Å²) in [6, 6.07) is 2.48. The number of hydrogen-bond acceptors (Lipinski definition) is 3. The van der Waals surface area contributed by atoms with Gasteiger partial charge in [-0.2, -0.15) is 0 Å². The molecule has 0 aromatic carbocycles. The van der Waals surface area contributed by atoms with Gasteiger partial charge < -0.3 is 10.1 Å². The number of halogens is 1. The lowest BCUT2D eigenvalue weighted by Gasteiger charge is -2.27. The van der Waals surface area contributed by atoms with Gasteiger partial charge in [-0.3, -0.25) is 4.98 Å². The van der Waals surface area contributed by atoms with E-state index < -0.39 is 0 Å². The fourth-order valence-corrected chi connectivity index (χ4v) is 2.73. The fraction of sp³-hybridized carbons (Fsp3) is 0.667. The third-order valence-electron chi connectivity index (χ3n) is 3.09. The van der Waals surface area contributed by atoms with Gasteiger partial charge in [0.1, 0.15) is 0 Å². The summed E-state index contributed by atoms with van der Waals surface area (Å²) in [6.45, 7) is 8.13. The van der Waals surface area contributed by atoms with E-state index in [0.717, 1.165) is 36.9 Å². The van der Waals surface area contributed by atoms with Crippen LogP contribution in [0.2, 0.25) is 0 Å². The lowest BCUT2D eigenvalue weighted by atomic mass is 9.99. The van der Waals surface area contributed by atoms with E-state index in [4.69, 9.17) is 4.74 Å². The van der Waals surface area contributed by atoms with Crippen LogP contribution in [0, 0.1) is 0 Å². The first-order valence-corrected chi connectivity index (χ1v) is 7.94. The molecule has 1 N–H and O–H groups in total. The van der Waals surface area contributed by atoms with Crippen molar-refractivity contribution in [1.29, 1.82) is 0 Å². The van der Waals surface area contributed by atoms with Crippen LogP contribution in [0.1, 0.15) is 39.2 Å². The quantitative estimate of drug-likeness (QED) is 0.752. The second-order valence-electron chi connectivity index (χ2n) is 4.66. The summed E-state index contributed by atoms with van der Waals surface area (Å²) in [7, 11) is 0. The van der Waals surface area contributed by atoms with Crippen LogP contribution in [0.25, 0.3) is 0 Å². The van der Waals surface area contributed by atoms with E-state index >= 15 is 0 Å². The normalized spacial score (nSPS) is 14.3. The van der Waals surface area contributed by atoms with Crippen LogP contribution in [0.15, 0.2) is 22.9 Å². The summed E-state index contributed by atoms with van der Waals surface area (Å²) < 4.78 is 6.94. The van der Waals surface area contributed by atoms with Gasteiger partial charge >= 0.3 is 0 Å². The number of rotatable bonds is 9. The monoisotopic (exact) mass is 328 g/mol. The lowest BCUT2D eigenvalue weighted by molar-refractivity contribution is 0.0285. The molecule has 0 radical (unpaired) electrons. The maximum atomic E-state index is 5.90. The zero-order chi connectivity index (χ0) is 14.1. The number of ether oxygens (including phenoxy) is 1. The fourth-order valence-electron chi connectivity index (χ4n) is 2.32. The van der Waals surface area contributed by atoms with Crippen molar-refractivity contribution in [3.8, 4) is 0 Å². The molecule has 0 bridgehead atoms. The van der Waals surface area contributed by atoms with E-state index in [1.54, 1.807) is 0 Å². The minimum absolute atomic E-state index is 0.272. The molecule has 0 aliphatic rings. The first-order chi connectivity index (χ1) is 9.21. The van der Waals surface area contributed by atoms with Crippen molar-refractivity contribution in [2.24, 2.45) is 0 Å². The minimum Gasteiger partial charge on any atom is -0.377 e. The lowest BCUT2D eigenvalue weighted by Crippen LogP contribution is -2.43. The highest BCUT2D eigenvalue weighted by atomic mass is 79.9. The predicted octanol–water partition coefficient (Wildman–Crippen LogP) is 3.57. The van der Waals surface area contributed by atoms with Crippen molar-refractivity contribution in [2.45, 2.75) is 52.2 Å². The number of nitrogens with zero attached hydrogens (tertiary/aromatic N) is 1. The largest absolute Gasteiger partial charge is 0.377 e. The molecule has 19 heavy (non-hydrogen) atoms. The molecule has 3 nitrogen and oxygen atoms in total. The molecule has 0 aliphatic carbocycles. The van der Waals surface area contributed by atoms with E-state index in [0.29, 0.717) is 6.04 Å². The molecular formula is C15H25BrN2O. The molecular weight excluding hydrogens is 304 g/mol. The average Bonchev–Trinajstić information content (AvgIpc) is 2.38. The molecule has 2 atom stereocenters. The van der Waals surface area contributed by atoms with Gasteiger partial charge in [-0.15, -0.1) is 0 Å². The zero-order valence-electron chi connectivity index (χ0n) is 12.2. The summed E-state index contributed by atoms with van der Waals surface area (Å²) in [4.78, 5) is 4.23. The summed E-state index contributed by atoms with van der Waals surface area (Å²) in [5.41, 5.74) is 1.24. The van der Waals surface area contributed by atoms with Crippen molar-refractivity contribution >= 4 is 15.9 Å². The van der Waals surface area contributed by atoms with E-state index in [-0.39, 0.29) is 6.10 Å². The number of pyridine rings is 1. The Morgan fingerprint density at radius 3 is 2.68 bits per heavy atom. The summed E-state index contributed by atoms with van der Waals surface area (Å²) >= 11 is 3.48. The summed E-state index contributed by atoms with van der Waals surface area (Å²) in [5.74, 6) is 0. The smallest absolute Gasteiger partial charge is 0.0731 e. The number of hydrogen-bond donors (Lipinski definition) is 1. The van der Waals surface area contributed by atoms with Crippen LogP contribution in [0.5, 0.6) is 0 Å². The van der Waals surface area contributed by atoms with Gasteiger partial charge in [0.25, 0.3) is 0 Å². The Balaban J connectivity index is 2.74. The van der Waals surface area contributed by atoms with Crippen molar-refractivity contribution in [1.82, 2.24) is 10.3 Å². The molecule has 0 aliphatic heterocycles. The van der Waals surface area contributed by atoms with E-state index in [1.807, 2.05) is 12.4 Å². The van der Waals surface area contributed by atoms with Crippen molar-refractivity contribution in [3.63, 3.8) is 0 Å². The highest BCUT2D eigenvalue weighted by molar-refractivity contribution is 9.10. The van der Waals surface area contributed by atoms with Crippen LogP contribution in [0.3, 0.4) is 0 Å². The van der Waals surface area contributed by atoms with Gasteiger partial charge in [0.05, 0.1) is 6.10 Å². The van der Waals surface area contributed by atoms with E-state index in [1.165, 1.54) is 5.56 Å². The van der Waals surface area contributed by atoms with Crippen LogP contribution in [-0.4, -0.2) is 30.3 Å². The Kier molecular flexibility index (Phi) is 8.26. The van der Waals surface area contributed by atoms with Crippen LogP contribution >= 0.6 is 15.9 Å². The summed E-state index contributed by atoms with van der Waals surface area (Å²) in [6.07, 6.45) is 7.21. The molecule has 0 saturated carbocycles. The second-order valence-corrected chi connectivity index (χ2v) is 5.58. The predicted molar refractivity (Wildman–Crippen MR) is 83.4 cm³/mol. The maximum absolute atomic E-state index is 5.90. The van der Waals surface area contributed by atoms with E-state index in [2.05, 4.69) is 53.1 Å². The molecule has 0 fully saturated rings. The Bertz CT molecular complexity index is 354. The van der Waals surface area contributed by atoms with Gasteiger partial charge in [-0.1, -0.05) is 20.3 Å². The number of likely N-dealkylation sites (N-methyl/N-ethyl adjacent to an activating group) is 1. The van der Waals surface area contributed by atoms with Gasteiger partial charge in [-0.05, 0) is 53.9 Å². The number of aromatic nitrogens is 1. The maximum Gasteiger partial charge on any atom is 0.0731 e. The third-order valence-corrected chi connectivity index (χ3v) is 3.52. The molecule has 4 heteroatoms. The molecule has 1 aromatic rings. The third kappa shape index (κ3) is 6.02. The van der Waals surface area contributed by atoms with Crippen LogP contribution in [-0.2, 0) is 11.2 Å². The molecule has 0 spiro atoms. The van der Waals surface area contributed by atoms with Gasteiger partial charge in [0.15, 0.2) is 0 Å². The van der Waals surface area contributed by atoms with Crippen molar-refractivity contribution in [2.75, 3.05) is 13.2 Å². The zero-order valence-corrected chi connectivity index (χ0v) is 13.7. The topological polar surface area (TPSA) is 34.1 Å².